The number of halogens is 2. The van der Waals surface area contributed by atoms with Crippen LogP contribution in [-0.4, -0.2) is 104 Å². The summed E-state index contributed by atoms with van der Waals surface area (Å²) in [6, 6.07) is 14.5. The summed E-state index contributed by atoms with van der Waals surface area (Å²) in [5.74, 6) is -1.25. The Labute approximate surface area is 356 Å². The van der Waals surface area contributed by atoms with E-state index in [0.29, 0.717) is 42.5 Å². The first-order valence-corrected chi connectivity index (χ1v) is 18.7. The molecule has 0 atom stereocenters. The van der Waals surface area contributed by atoms with Crippen molar-refractivity contribution in [2.24, 2.45) is 10.8 Å². The maximum absolute atomic E-state index is 12.9. The molecule has 2 heterocycles. The van der Waals surface area contributed by atoms with Crippen LogP contribution in [0.5, 0.6) is 0 Å². The molecule has 4 rings (SSSR count). The smallest absolute Gasteiger partial charge is 1.00 e. The molecule has 303 valence electrons. The van der Waals surface area contributed by atoms with Crippen molar-refractivity contribution in [1.29, 1.82) is 0 Å². The van der Waals surface area contributed by atoms with Crippen molar-refractivity contribution >= 4 is 61.6 Å². The topological polar surface area (TPSA) is 164 Å². The van der Waals surface area contributed by atoms with Crippen molar-refractivity contribution in [2.45, 2.75) is 91.5 Å². The van der Waals surface area contributed by atoms with E-state index in [1.54, 1.807) is 49.9 Å². The average Bonchev–Trinajstić information content (AvgIpc) is 3.12. The van der Waals surface area contributed by atoms with E-state index in [1.165, 1.54) is 12.0 Å². The van der Waals surface area contributed by atoms with Crippen LogP contribution in [0.1, 0.15) is 79.8 Å². The number of aliphatic hydroxyl groups excluding tert-OH is 1. The van der Waals surface area contributed by atoms with Gasteiger partial charge in [-0.25, -0.2) is 9.59 Å². The van der Waals surface area contributed by atoms with Crippen LogP contribution in [0.2, 0.25) is 10.0 Å². The Morgan fingerprint density at radius 1 is 0.714 bits per heavy atom. The van der Waals surface area contributed by atoms with Crippen LogP contribution >= 0.6 is 23.2 Å². The van der Waals surface area contributed by atoms with E-state index in [0.717, 1.165) is 11.1 Å². The maximum atomic E-state index is 12.9. The van der Waals surface area contributed by atoms with Gasteiger partial charge in [0.25, 0.3) is 0 Å². The number of hydrogen-bond acceptors (Lipinski definition) is 9. The van der Waals surface area contributed by atoms with Crippen molar-refractivity contribution in [3.05, 3.63) is 69.7 Å². The molecule has 4 amide bonds. The fourth-order valence-electron chi connectivity index (χ4n) is 6.01. The van der Waals surface area contributed by atoms with E-state index in [4.69, 9.17) is 37.4 Å². The van der Waals surface area contributed by atoms with Gasteiger partial charge in [-0.3, -0.25) is 14.4 Å². The van der Waals surface area contributed by atoms with Gasteiger partial charge in [-0.2, -0.15) is 0 Å². The largest absolute Gasteiger partial charge is 1.00 e. The Morgan fingerprint density at radius 3 is 1.45 bits per heavy atom. The van der Waals surface area contributed by atoms with E-state index in [1.807, 2.05) is 45.0 Å². The van der Waals surface area contributed by atoms with Gasteiger partial charge in [-0.1, -0.05) is 59.6 Å². The molecular formula is C39H55BCl2LiN4O9. The number of nitrogens with zero attached hydrogens (tertiary/aromatic N) is 2. The molecule has 3 N–H and O–H groups in total. The summed E-state index contributed by atoms with van der Waals surface area (Å²) in [7, 11) is 1.26. The van der Waals surface area contributed by atoms with E-state index < -0.39 is 40.0 Å². The van der Waals surface area contributed by atoms with Gasteiger partial charge in [-0.15, -0.1) is 0 Å². The van der Waals surface area contributed by atoms with Gasteiger partial charge in [0.15, 0.2) is 0 Å². The molecule has 2 aliphatic heterocycles. The normalized spacial score (nSPS) is 16.0. The predicted octanol–water partition coefficient (Wildman–Crippen LogP) is 2.85. The second-order valence-electron chi connectivity index (χ2n) is 15.5. The SMILES string of the molecule is CC(C)(C)OC(=O)N1CCC(CO)(C(=O)NCc2ccccc2Cl)CC1.COC(=O)C1(C(=O)NCc2ccccc2Cl)CCN(C(=O)OC(C)(C)C)CC1.[B].[H-].[Li+]. The van der Waals surface area contributed by atoms with Gasteiger partial charge in [-0.05, 0) is 90.5 Å². The number of carbonyl (C=O) groups excluding carboxylic acids is 5. The standard InChI is InChI=1S/C20H27ClN2O5.C19H27ClN2O4.B.Li.H/c1-19(2,3)28-18(26)23-11-9-20(10-12-23,17(25)27-4)16(24)22-13-14-7-5-6-8-15(14)21;1-18(2,3)26-17(25)22-10-8-19(13-23,9-11-22)16(24)21-12-14-6-4-5-7-15(14)20;;;/h5-8H,9-13H2,1-4H3,(H,22,24);4-7,23H,8-13H2,1-3H3,(H,21,24);;;/q;;;+1;-1. The first kappa shape index (κ1) is 50.6. The molecule has 0 aliphatic carbocycles. The van der Waals surface area contributed by atoms with Crippen molar-refractivity contribution in [2.75, 3.05) is 39.9 Å². The molecule has 0 bridgehead atoms. The van der Waals surface area contributed by atoms with Gasteiger partial charge < -0.3 is 41.2 Å². The molecule has 2 aliphatic rings. The molecule has 2 aromatic rings. The second kappa shape index (κ2) is 21.9. The third kappa shape index (κ3) is 14.2. The number of esters is 1. The molecule has 2 saturated heterocycles. The summed E-state index contributed by atoms with van der Waals surface area (Å²) in [5.41, 5.74) is -1.82. The third-order valence-corrected chi connectivity index (χ3v) is 9.97. The molecule has 2 fully saturated rings. The Bertz CT molecular complexity index is 1650. The van der Waals surface area contributed by atoms with Crippen LogP contribution < -0.4 is 29.5 Å². The number of piperidine rings is 2. The van der Waals surface area contributed by atoms with Crippen molar-refractivity contribution < 1.29 is 63.6 Å². The Morgan fingerprint density at radius 2 is 1.09 bits per heavy atom. The summed E-state index contributed by atoms with van der Waals surface area (Å²) in [6.45, 7) is 12.2. The molecule has 56 heavy (non-hydrogen) atoms. The first-order chi connectivity index (χ1) is 25.3. The fraction of sp³-hybridized carbons (Fsp3) is 0.564. The first-order valence-electron chi connectivity index (χ1n) is 17.9. The van der Waals surface area contributed by atoms with Crippen LogP contribution in [0.15, 0.2) is 48.5 Å². The van der Waals surface area contributed by atoms with Crippen LogP contribution in [0.3, 0.4) is 0 Å². The van der Waals surface area contributed by atoms with Crippen molar-refractivity contribution in [3.8, 4) is 0 Å². The number of nitrogens with one attached hydrogen (secondary N) is 2. The van der Waals surface area contributed by atoms with Crippen molar-refractivity contribution in [1.82, 2.24) is 20.4 Å². The van der Waals surface area contributed by atoms with Crippen LogP contribution in [0, 0.1) is 10.8 Å². The Hall–Kier alpha value is -3.41. The molecular weight excluding hydrogens is 757 g/mol. The minimum Gasteiger partial charge on any atom is -1.00 e. The van der Waals surface area contributed by atoms with Gasteiger partial charge in [0.1, 0.15) is 16.6 Å². The number of amides is 4. The number of methoxy groups -OCH3 is 1. The second-order valence-corrected chi connectivity index (χ2v) is 16.3. The minimum absolute atomic E-state index is 0. The quantitative estimate of drug-likeness (QED) is 0.158. The monoisotopic (exact) mass is 811 g/mol. The molecule has 0 unspecified atom stereocenters. The van der Waals surface area contributed by atoms with Gasteiger partial charge >= 0.3 is 37.0 Å². The van der Waals surface area contributed by atoms with Gasteiger partial charge in [0.2, 0.25) is 11.8 Å². The summed E-state index contributed by atoms with van der Waals surface area (Å²) in [6.07, 6.45) is 0.248. The maximum Gasteiger partial charge on any atom is 1.00 e. The summed E-state index contributed by atoms with van der Waals surface area (Å²) in [4.78, 5) is 65.6. The van der Waals surface area contributed by atoms with Gasteiger partial charge in [0.05, 0.1) is 19.1 Å². The zero-order chi connectivity index (χ0) is 40.3. The van der Waals surface area contributed by atoms with E-state index >= 15 is 0 Å². The van der Waals surface area contributed by atoms with Crippen LogP contribution in [0.4, 0.5) is 9.59 Å². The van der Waals surface area contributed by atoms with E-state index in [9.17, 15) is 29.1 Å². The molecule has 0 spiro atoms. The van der Waals surface area contributed by atoms with Gasteiger partial charge in [0, 0.05) is 57.7 Å². The summed E-state index contributed by atoms with van der Waals surface area (Å²) >= 11 is 12.2. The molecule has 17 heteroatoms. The number of hydrogen-bond donors (Lipinski definition) is 3. The summed E-state index contributed by atoms with van der Waals surface area (Å²) in [5, 5.41) is 16.6. The van der Waals surface area contributed by atoms with Crippen LogP contribution in [0.25, 0.3) is 0 Å². The molecule has 3 radical (unpaired) electrons. The van der Waals surface area contributed by atoms with E-state index in [-0.39, 0.29) is 79.8 Å². The molecule has 0 saturated carbocycles. The Balaban J connectivity index is 0.00000105. The fourth-order valence-corrected chi connectivity index (χ4v) is 6.41. The van der Waals surface area contributed by atoms with Crippen molar-refractivity contribution in [3.63, 3.8) is 0 Å². The number of likely N-dealkylation sites (tertiary alicyclic amines) is 2. The zero-order valence-electron chi connectivity index (χ0n) is 34.8. The molecule has 0 aromatic heterocycles. The number of benzene rings is 2. The third-order valence-electron chi connectivity index (χ3n) is 9.23. The average molecular weight is 813 g/mol. The number of carbonyl (C=O) groups is 5. The minimum atomic E-state index is -1.34. The zero-order valence-corrected chi connectivity index (χ0v) is 35.3. The summed E-state index contributed by atoms with van der Waals surface area (Å²) < 4.78 is 15.6. The van der Waals surface area contributed by atoms with E-state index in [2.05, 4.69) is 10.6 Å². The molecule has 2 aromatic carbocycles. The predicted molar refractivity (Wildman–Crippen MR) is 212 cm³/mol. The Kier molecular flexibility index (Phi) is 19.8. The number of rotatable bonds is 8. The number of aliphatic hydroxyl groups is 1. The van der Waals surface area contributed by atoms with Crippen LogP contribution in [-0.2, 0) is 41.7 Å². The molecule has 13 nitrogen and oxygen atoms in total. The number of ether oxygens (including phenoxy) is 3.